The lowest BCUT2D eigenvalue weighted by molar-refractivity contribution is 0.0628. The molecule has 7 nitrogen and oxygen atoms in total. The fourth-order valence-corrected chi connectivity index (χ4v) is 5.96. The molecule has 160 valence electrons. The van der Waals surface area contributed by atoms with E-state index >= 15 is 0 Å². The Hall–Kier alpha value is -2.00. The molecule has 3 heterocycles. The van der Waals surface area contributed by atoms with Crippen LogP contribution < -0.4 is 0 Å². The number of amides is 1. The van der Waals surface area contributed by atoms with E-state index in [1.54, 1.807) is 23.4 Å². The number of sulfonamides is 1. The van der Waals surface area contributed by atoms with Gasteiger partial charge in [0.2, 0.25) is 10.0 Å². The number of aromatic nitrogens is 1. The number of halogens is 1. The van der Waals surface area contributed by atoms with Crippen molar-refractivity contribution in [2.45, 2.75) is 24.3 Å². The van der Waals surface area contributed by atoms with Gasteiger partial charge in [0.05, 0.1) is 5.02 Å². The molecule has 9 heteroatoms. The topological polar surface area (TPSA) is 73.8 Å². The summed E-state index contributed by atoms with van der Waals surface area (Å²) in [5, 5.41) is 0.153. The molecule has 0 spiro atoms. The Labute approximate surface area is 182 Å². The maximum atomic E-state index is 13.0. The first-order valence-corrected chi connectivity index (χ1v) is 12.0. The van der Waals surface area contributed by atoms with Gasteiger partial charge in [-0.2, -0.15) is 4.31 Å². The van der Waals surface area contributed by atoms with E-state index in [4.69, 9.17) is 11.6 Å². The van der Waals surface area contributed by atoms with E-state index in [1.807, 2.05) is 12.1 Å². The second kappa shape index (κ2) is 9.01. The molecule has 1 aromatic carbocycles. The molecule has 0 radical (unpaired) electrons. The second-order valence-electron chi connectivity index (χ2n) is 7.68. The van der Waals surface area contributed by atoms with E-state index in [2.05, 4.69) is 9.88 Å². The van der Waals surface area contributed by atoms with Crippen molar-refractivity contribution in [1.29, 1.82) is 0 Å². The maximum absolute atomic E-state index is 13.0. The summed E-state index contributed by atoms with van der Waals surface area (Å²) in [5.41, 5.74) is 1.55. The van der Waals surface area contributed by atoms with Gasteiger partial charge in [-0.3, -0.25) is 14.7 Å². The summed E-state index contributed by atoms with van der Waals surface area (Å²) in [5.74, 6) is -0.159. The van der Waals surface area contributed by atoms with Crippen LogP contribution in [0.4, 0.5) is 0 Å². The number of hydrogen-bond donors (Lipinski definition) is 0. The van der Waals surface area contributed by atoms with Crippen molar-refractivity contribution in [3.8, 4) is 0 Å². The lowest BCUT2D eigenvalue weighted by atomic mass is 10.1. The van der Waals surface area contributed by atoms with Crippen LogP contribution in [-0.2, 0) is 16.6 Å². The van der Waals surface area contributed by atoms with Gasteiger partial charge < -0.3 is 4.90 Å². The van der Waals surface area contributed by atoms with E-state index < -0.39 is 10.0 Å². The number of hydrogen-bond acceptors (Lipinski definition) is 5. The zero-order valence-corrected chi connectivity index (χ0v) is 18.3. The summed E-state index contributed by atoms with van der Waals surface area (Å²) in [4.78, 5) is 21.2. The van der Waals surface area contributed by atoms with Gasteiger partial charge in [0, 0.05) is 63.8 Å². The van der Waals surface area contributed by atoms with E-state index in [1.165, 1.54) is 22.0 Å². The lowest BCUT2D eigenvalue weighted by Gasteiger charge is -2.34. The highest BCUT2D eigenvalue weighted by atomic mass is 35.5. The monoisotopic (exact) mass is 448 g/mol. The summed E-state index contributed by atoms with van der Waals surface area (Å²) < 4.78 is 27.3. The highest BCUT2D eigenvalue weighted by Crippen LogP contribution is 2.28. The number of pyridine rings is 1. The summed E-state index contributed by atoms with van der Waals surface area (Å²) in [6, 6.07) is 8.54. The van der Waals surface area contributed by atoms with Crippen molar-refractivity contribution in [3.63, 3.8) is 0 Å². The maximum Gasteiger partial charge on any atom is 0.253 e. The van der Waals surface area contributed by atoms with Crippen LogP contribution in [0.1, 0.15) is 28.8 Å². The Morgan fingerprint density at radius 2 is 1.63 bits per heavy atom. The zero-order valence-electron chi connectivity index (χ0n) is 16.7. The first-order valence-electron chi connectivity index (χ1n) is 10.2. The summed E-state index contributed by atoms with van der Waals surface area (Å²) in [6.45, 7) is 4.54. The van der Waals surface area contributed by atoms with Crippen LogP contribution in [0, 0.1) is 0 Å². The van der Waals surface area contributed by atoms with E-state index in [9.17, 15) is 13.2 Å². The third kappa shape index (κ3) is 4.51. The summed E-state index contributed by atoms with van der Waals surface area (Å²) in [6.07, 6.45) is 5.26. The molecule has 0 aliphatic carbocycles. The molecule has 2 aliphatic rings. The Balaban J connectivity index is 1.44. The first-order chi connectivity index (χ1) is 14.4. The molecule has 0 saturated carbocycles. The second-order valence-corrected chi connectivity index (χ2v) is 9.99. The molecule has 2 aromatic rings. The fraction of sp³-hybridized carbons (Fsp3) is 0.429. The van der Waals surface area contributed by atoms with Gasteiger partial charge in [0.15, 0.2) is 0 Å². The highest BCUT2D eigenvalue weighted by molar-refractivity contribution is 7.89. The van der Waals surface area contributed by atoms with Gasteiger partial charge >= 0.3 is 0 Å². The Morgan fingerprint density at radius 1 is 0.967 bits per heavy atom. The predicted molar refractivity (Wildman–Crippen MR) is 115 cm³/mol. The molecule has 30 heavy (non-hydrogen) atoms. The van der Waals surface area contributed by atoms with Gasteiger partial charge in [0.25, 0.3) is 5.91 Å². The van der Waals surface area contributed by atoms with E-state index in [-0.39, 0.29) is 15.8 Å². The van der Waals surface area contributed by atoms with E-state index in [0.29, 0.717) is 31.7 Å². The van der Waals surface area contributed by atoms with Crippen LogP contribution in [0.5, 0.6) is 0 Å². The molecular weight excluding hydrogens is 424 g/mol. The normalized spacial score (nSPS) is 18.6. The Kier molecular flexibility index (Phi) is 6.38. The van der Waals surface area contributed by atoms with Gasteiger partial charge in [-0.25, -0.2) is 8.42 Å². The minimum absolute atomic E-state index is 0.0215. The smallest absolute Gasteiger partial charge is 0.253 e. The highest BCUT2D eigenvalue weighted by Gasteiger charge is 2.30. The van der Waals surface area contributed by atoms with Crippen LogP contribution in [0.2, 0.25) is 5.02 Å². The standard InChI is InChI=1S/C21H25ClN4O3S/c22-19-4-3-18(15-20(19)30(28,29)26-9-1-2-10-26)21(27)25-13-11-24(12-14-25)16-17-5-7-23-8-6-17/h3-8,15H,1-2,9-14,16H2. The van der Waals surface area contributed by atoms with Crippen molar-refractivity contribution in [3.05, 3.63) is 58.9 Å². The molecule has 0 bridgehead atoms. The molecule has 0 atom stereocenters. The average molecular weight is 449 g/mol. The van der Waals surface area contributed by atoms with Gasteiger partial charge in [-0.15, -0.1) is 0 Å². The van der Waals surface area contributed by atoms with Gasteiger partial charge in [-0.1, -0.05) is 11.6 Å². The van der Waals surface area contributed by atoms with Crippen LogP contribution in [0.25, 0.3) is 0 Å². The molecule has 1 aromatic heterocycles. The summed E-state index contributed by atoms with van der Waals surface area (Å²) >= 11 is 6.20. The van der Waals surface area contributed by atoms with Crippen LogP contribution in [0.15, 0.2) is 47.6 Å². The molecule has 0 N–H and O–H groups in total. The minimum Gasteiger partial charge on any atom is -0.336 e. The van der Waals surface area contributed by atoms with Crippen molar-refractivity contribution in [2.75, 3.05) is 39.3 Å². The van der Waals surface area contributed by atoms with Crippen LogP contribution in [-0.4, -0.2) is 72.7 Å². The van der Waals surface area contributed by atoms with Crippen molar-refractivity contribution < 1.29 is 13.2 Å². The zero-order chi connectivity index (χ0) is 21.1. The molecular formula is C21H25ClN4O3S. The van der Waals surface area contributed by atoms with Crippen molar-refractivity contribution in [1.82, 2.24) is 19.1 Å². The molecule has 2 saturated heterocycles. The minimum atomic E-state index is -3.68. The molecule has 0 unspecified atom stereocenters. The number of benzene rings is 1. The van der Waals surface area contributed by atoms with E-state index in [0.717, 1.165) is 32.5 Å². The predicted octanol–water partition coefficient (Wildman–Crippen LogP) is 2.48. The third-order valence-corrected chi connectivity index (χ3v) is 8.06. The number of rotatable bonds is 5. The molecule has 2 aliphatic heterocycles. The number of piperazine rings is 1. The number of nitrogens with zero attached hydrogens (tertiary/aromatic N) is 4. The quantitative estimate of drug-likeness (QED) is 0.702. The Morgan fingerprint density at radius 3 is 2.30 bits per heavy atom. The van der Waals surface area contributed by atoms with Gasteiger partial charge in [0.1, 0.15) is 4.90 Å². The molecule has 2 fully saturated rings. The molecule has 4 rings (SSSR count). The summed E-state index contributed by atoms with van der Waals surface area (Å²) in [7, 11) is -3.68. The van der Waals surface area contributed by atoms with Crippen molar-refractivity contribution in [2.24, 2.45) is 0 Å². The fourth-order valence-electron chi connectivity index (χ4n) is 3.94. The lowest BCUT2D eigenvalue weighted by Crippen LogP contribution is -2.48. The first kappa shape index (κ1) is 21.2. The SMILES string of the molecule is O=C(c1ccc(Cl)c(S(=O)(=O)N2CCCC2)c1)N1CCN(Cc2ccncc2)CC1. The molecule has 1 amide bonds. The largest absolute Gasteiger partial charge is 0.336 e. The number of carbonyl (C=O) groups is 1. The van der Waals surface area contributed by atoms with Crippen molar-refractivity contribution >= 4 is 27.5 Å². The third-order valence-electron chi connectivity index (χ3n) is 5.68. The Bertz CT molecular complexity index is 1000. The number of carbonyl (C=O) groups excluding carboxylic acids is 1. The van der Waals surface area contributed by atoms with Crippen LogP contribution >= 0.6 is 11.6 Å². The van der Waals surface area contributed by atoms with Crippen LogP contribution in [0.3, 0.4) is 0 Å². The van der Waals surface area contributed by atoms with Gasteiger partial charge in [-0.05, 0) is 48.7 Å². The average Bonchev–Trinajstić information content (AvgIpc) is 3.31.